The summed E-state index contributed by atoms with van der Waals surface area (Å²) in [6.07, 6.45) is 4.71. The molecule has 0 atom stereocenters. The highest BCUT2D eigenvalue weighted by atomic mass is 15.2. The lowest BCUT2D eigenvalue weighted by Crippen LogP contribution is -2.31. The quantitative estimate of drug-likeness (QED) is 0.693. The predicted molar refractivity (Wildman–Crippen MR) is 84.1 cm³/mol. The molecule has 1 aliphatic rings. The van der Waals surface area contributed by atoms with Gasteiger partial charge in [-0.1, -0.05) is 6.07 Å². The van der Waals surface area contributed by atoms with Crippen LogP contribution in [0.4, 0.5) is 11.5 Å². The number of aryl methyl sites for hydroxylation is 1. The molecular formula is C16H17N5. The van der Waals surface area contributed by atoms with E-state index in [1.807, 2.05) is 36.3 Å². The van der Waals surface area contributed by atoms with Gasteiger partial charge in [-0.05, 0) is 35.7 Å². The van der Waals surface area contributed by atoms with E-state index in [1.165, 1.54) is 11.1 Å². The first-order chi connectivity index (χ1) is 10.2. The summed E-state index contributed by atoms with van der Waals surface area (Å²) in [5.74, 6) is 0.959. The lowest BCUT2D eigenvalue weighted by atomic mass is 9.99. The summed E-state index contributed by atoms with van der Waals surface area (Å²) < 4.78 is 2.02. The van der Waals surface area contributed by atoms with Crippen molar-refractivity contribution in [2.45, 2.75) is 13.0 Å². The van der Waals surface area contributed by atoms with Gasteiger partial charge >= 0.3 is 0 Å². The number of anilines is 2. The highest BCUT2D eigenvalue weighted by Crippen LogP contribution is 2.28. The Hall–Kier alpha value is -2.56. The van der Waals surface area contributed by atoms with E-state index in [1.54, 1.807) is 0 Å². The number of pyridine rings is 1. The summed E-state index contributed by atoms with van der Waals surface area (Å²) in [7, 11) is 2.01. The summed E-state index contributed by atoms with van der Waals surface area (Å²) in [4.78, 5) is 11.3. The van der Waals surface area contributed by atoms with Crippen LogP contribution < -0.4 is 10.6 Å². The van der Waals surface area contributed by atoms with E-state index in [2.05, 4.69) is 27.0 Å². The molecule has 1 aliphatic heterocycles. The first-order valence-electron chi connectivity index (χ1n) is 7.10. The zero-order valence-corrected chi connectivity index (χ0v) is 12.0. The summed E-state index contributed by atoms with van der Waals surface area (Å²) in [5.41, 5.74) is 11.5. The van der Waals surface area contributed by atoms with Gasteiger partial charge in [-0.2, -0.15) is 0 Å². The van der Waals surface area contributed by atoms with E-state index in [-0.39, 0.29) is 0 Å². The van der Waals surface area contributed by atoms with Crippen molar-refractivity contribution < 1.29 is 0 Å². The van der Waals surface area contributed by atoms with Crippen LogP contribution in [-0.4, -0.2) is 21.1 Å². The number of imidazole rings is 1. The molecule has 0 saturated carbocycles. The number of hydrogen-bond donors (Lipinski definition) is 1. The first-order valence-corrected chi connectivity index (χ1v) is 7.10. The van der Waals surface area contributed by atoms with E-state index in [4.69, 9.17) is 5.73 Å². The zero-order chi connectivity index (χ0) is 14.4. The highest BCUT2D eigenvalue weighted by Gasteiger charge is 2.20. The second-order valence-corrected chi connectivity index (χ2v) is 5.56. The van der Waals surface area contributed by atoms with Gasteiger partial charge < -0.3 is 15.2 Å². The van der Waals surface area contributed by atoms with Gasteiger partial charge in [0.1, 0.15) is 5.52 Å². The molecule has 3 aromatic rings. The monoisotopic (exact) mass is 279 g/mol. The third-order valence-electron chi connectivity index (χ3n) is 4.17. The van der Waals surface area contributed by atoms with Crippen LogP contribution in [0.2, 0.25) is 0 Å². The van der Waals surface area contributed by atoms with E-state index >= 15 is 0 Å². The first kappa shape index (κ1) is 12.2. The van der Waals surface area contributed by atoms with Gasteiger partial charge in [0.15, 0.2) is 5.82 Å². The molecule has 0 spiro atoms. The van der Waals surface area contributed by atoms with Gasteiger partial charge in [-0.3, -0.25) is 0 Å². The molecule has 0 aliphatic carbocycles. The molecule has 1 aromatic carbocycles. The van der Waals surface area contributed by atoms with Gasteiger partial charge in [0, 0.05) is 32.0 Å². The molecule has 0 unspecified atom stereocenters. The molecule has 5 heteroatoms. The Bertz CT molecular complexity index is 821. The van der Waals surface area contributed by atoms with Crippen molar-refractivity contribution in [2.24, 2.45) is 7.05 Å². The average Bonchev–Trinajstić information content (AvgIpc) is 2.88. The molecule has 0 bridgehead atoms. The Morgan fingerprint density at radius 2 is 2.05 bits per heavy atom. The number of hydrogen-bond acceptors (Lipinski definition) is 4. The summed E-state index contributed by atoms with van der Waals surface area (Å²) in [5, 5.41) is 0. The van der Waals surface area contributed by atoms with Crippen LogP contribution in [0.3, 0.4) is 0 Å². The fraction of sp³-hybridized carbons (Fsp3) is 0.250. The van der Waals surface area contributed by atoms with E-state index in [0.29, 0.717) is 0 Å². The molecule has 2 aromatic heterocycles. The third-order valence-corrected chi connectivity index (χ3v) is 4.17. The van der Waals surface area contributed by atoms with Crippen LogP contribution in [0.15, 0.2) is 36.8 Å². The van der Waals surface area contributed by atoms with Crippen LogP contribution in [-0.2, 0) is 20.0 Å². The van der Waals surface area contributed by atoms with Crippen LogP contribution in [0.25, 0.3) is 11.0 Å². The smallest absolute Gasteiger partial charge is 0.157 e. The maximum atomic E-state index is 5.91. The Balaban J connectivity index is 1.77. The molecule has 0 fully saturated rings. The van der Waals surface area contributed by atoms with Gasteiger partial charge in [0.05, 0.1) is 11.8 Å². The van der Waals surface area contributed by atoms with Gasteiger partial charge in [-0.25, -0.2) is 9.97 Å². The third kappa shape index (κ3) is 1.93. The van der Waals surface area contributed by atoms with Gasteiger partial charge in [0.2, 0.25) is 0 Å². The van der Waals surface area contributed by atoms with Crippen LogP contribution in [0, 0.1) is 0 Å². The second-order valence-electron chi connectivity index (χ2n) is 5.56. The number of rotatable bonds is 1. The summed E-state index contributed by atoms with van der Waals surface area (Å²) >= 11 is 0. The number of benzene rings is 1. The minimum absolute atomic E-state index is 0.819. The Kier molecular flexibility index (Phi) is 2.60. The molecular weight excluding hydrogens is 262 g/mol. The molecule has 0 radical (unpaired) electrons. The number of nitrogens with zero attached hydrogens (tertiary/aromatic N) is 4. The predicted octanol–water partition coefficient (Wildman–Crippen LogP) is 2.11. The maximum absolute atomic E-state index is 5.91. The molecule has 3 heterocycles. The van der Waals surface area contributed by atoms with Crippen molar-refractivity contribution in [2.75, 3.05) is 17.2 Å². The van der Waals surface area contributed by atoms with Crippen molar-refractivity contribution >= 4 is 22.5 Å². The number of aromatic nitrogens is 3. The minimum atomic E-state index is 0.819. The van der Waals surface area contributed by atoms with Crippen LogP contribution in [0.5, 0.6) is 0 Å². The number of nitrogen functional groups attached to an aromatic ring is 1. The molecule has 21 heavy (non-hydrogen) atoms. The number of nitrogens with two attached hydrogens (primary N) is 1. The topological polar surface area (TPSA) is 60.0 Å². The second kappa shape index (κ2) is 4.48. The van der Waals surface area contributed by atoms with Gasteiger partial charge in [-0.15, -0.1) is 0 Å². The highest BCUT2D eigenvalue weighted by molar-refractivity contribution is 5.86. The lowest BCUT2D eigenvalue weighted by molar-refractivity contribution is 0.724. The fourth-order valence-corrected chi connectivity index (χ4v) is 3.04. The van der Waals surface area contributed by atoms with E-state index in [9.17, 15) is 0 Å². The Morgan fingerprint density at radius 3 is 2.95 bits per heavy atom. The van der Waals surface area contributed by atoms with Crippen molar-refractivity contribution in [3.05, 3.63) is 47.9 Å². The summed E-state index contributed by atoms with van der Waals surface area (Å²) in [6, 6.07) is 8.19. The minimum Gasteiger partial charge on any atom is -0.399 e. The van der Waals surface area contributed by atoms with Crippen LogP contribution >= 0.6 is 0 Å². The molecule has 0 saturated heterocycles. The standard InChI is InChI=1S/C16H17N5/c1-20-10-19-15-14(20)4-6-18-16(15)21-7-5-11-2-3-13(17)8-12(11)9-21/h2-4,6,8,10H,5,7,9,17H2,1H3. The normalized spacial score (nSPS) is 14.4. The van der Waals surface area contributed by atoms with Gasteiger partial charge in [0.25, 0.3) is 0 Å². The maximum Gasteiger partial charge on any atom is 0.157 e. The van der Waals surface area contributed by atoms with Crippen molar-refractivity contribution in [1.82, 2.24) is 14.5 Å². The summed E-state index contributed by atoms with van der Waals surface area (Å²) in [6.45, 7) is 1.79. The van der Waals surface area contributed by atoms with E-state index in [0.717, 1.165) is 42.0 Å². The molecule has 106 valence electrons. The molecule has 4 rings (SSSR count). The van der Waals surface area contributed by atoms with Crippen molar-refractivity contribution in [3.63, 3.8) is 0 Å². The van der Waals surface area contributed by atoms with Crippen molar-refractivity contribution in [3.8, 4) is 0 Å². The molecule has 5 nitrogen and oxygen atoms in total. The zero-order valence-electron chi connectivity index (χ0n) is 12.0. The SMILES string of the molecule is Cn1cnc2c(N3CCc4ccc(N)cc4C3)nccc21. The molecule has 0 amide bonds. The average molecular weight is 279 g/mol. The Labute approximate surface area is 123 Å². The van der Waals surface area contributed by atoms with E-state index < -0.39 is 0 Å². The largest absolute Gasteiger partial charge is 0.399 e. The van der Waals surface area contributed by atoms with Crippen LogP contribution in [0.1, 0.15) is 11.1 Å². The lowest BCUT2D eigenvalue weighted by Gasteiger charge is -2.30. The number of fused-ring (bicyclic) bond motifs is 2. The fourth-order valence-electron chi connectivity index (χ4n) is 3.04. The van der Waals surface area contributed by atoms with Crippen molar-refractivity contribution in [1.29, 1.82) is 0 Å². The molecule has 2 N–H and O–H groups in total. The Morgan fingerprint density at radius 1 is 1.14 bits per heavy atom.